The van der Waals surface area contributed by atoms with Crippen molar-refractivity contribution in [3.63, 3.8) is 0 Å². The van der Waals surface area contributed by atoms with Crippen molar-refractivity contribution in [3.05, 3.63) is 47.2 Å². The molecular weight excluding hydrogens is 364 g/mol. The molecule has 2 aliphatic rings. The maximum Gasteiger partial charge on any atom is 0.216 e. The lowest BCUT2D eigenvalue weighted by Gasteiger charge is -2.25. The van der Waals surface area contributed by atoms with E-state index in [2.05, 4.69) is 9.98 Å². The minimum Gasteiger partial charge on any atom is -0.493 e. The molecule has 0 saturated heterocycles. The number of carbonyl (C=O) groups is 1. The Hall–Kier alpha value is -2.60. The number of fused-ring (bicyclic) bond motifs is 1. The van der Waals surface area contributed by atoms with Crippen LogP contribution in [0.2, 0.25) is 5.02 Å². The first-order valence-electron chi connectivity index (χ1n) is 8.97. The Morgan fingerprint density at radius 2 is 2.07 bits per heavy atom. The van der Waals surface area contributed by atoms with Gasteiger partial charge in [0, 0.05) is 37.0 Å². The van der Waals surface area contributed by atoms with Crippen molar-refractivity contribution in [1.29, 1.82) is 0 Å². The third-order valence-electron chi connectivity index (χ3n) is 4.22. The van der Waals surface area contributed by atoms with Crippen molar-refractivity contribution >= 4 is 24.0 Å². The number of hydrogen-bond acceptors (Lipinski definition) is 4. The molecule has 1 aromatic carbocycles. The molecule has 1 unspecified atom stereocenters. The fraction of sp³-hybridized carbons (Fsp3) is 0.350. The van der Waals surface area contributed by atoms with Crippen LogP contribution in [-0.4, -0.2) is 35.9 Å². The SMILES string of the molecule is C1CC1.CN(C=O)C(N)=NC1CCOc2ccc(-c3cncc(Cl)c3)cc21. The van der Waals surface area contributed by atoms with E-state index in [1.807, 2.05) is 24.3 Å². The molecule has 2 N–H and O–H groups in total. The zero-order valence-electron chi connectivity index (χ0n) is 15.3. The number of carbonyl (C=O) groups excluding carboxylic acids is 1. The molecule has 142 valence electrons. The Labute approximate surface area is 164 Å². The van der Waals surface area contributed by atoms with Gasteiger partial charge in [-0.15, -0.1) is 0 Å². The maximum absolute atomic E-state index is 10.8. The van der Waals surface area contributed by atoms with Gasteiger partial charge in [-0.25, -0.2) is 4.99 Å². The standard InChI is InChI=1S/C17H17ClN4O2.C3H6/c1-22(10-23)17(19)21-15-4-5-24-16-3-2-11(7-14(15)16)12-6-13(18)9-20-8-12;1-2-3-1/h2-3,6-10,15H,4-5H2,1H3,(H2,19,21);1-3H2. The first-order valence-corrected chi connectivity index (χ1v) is 9.35. The molecule has 0 spiro atoms. The van der Waals surface area contributed by atoms with E-state index in [1.54, 1.807) is 19.4 Å². The van der Waals surface area contributed by atoms with Crippen molar-refractivity contribution in [2.24, 2.45) is 10.7 Å². The van der Waals surface area contributed by atoms with E-state index in [4.69, 9.17) is 22.1 Å². The molecule has 0 bridgehead atoms. The molecule has 1 amide bonds. The zero-order chi connectivity index (χ0) is 19.2. The van der Waals surface area contributed by atoms with Gasteiger partial charge in [-0.1, -0.05) is 36.9 Å². The minimum absolute atomic E-state index is 0.164. The van der Waals surface area contributed by atoms with Crippen LogP contribution in [0.15, 0.2) is 41.7 Å². The topological polar surface area (TPSA) is 80.8 Å². The maximum atomic E-state index is 10.8. The lowest BCUT2D eigenvalue weighted by atomic mass is 9.96. The molecule has 6 nitrogen and oxygen atoms in total. The Bertz CT molecular complexity index is 836. The smallest absolute Gasteiger partial charge is 0.216 e. The van der Waals surface area contributed by atoms with Gasteiger partial charge in [0.2, 0.25) is 6.41 Å². The van der Waals surface area contributed by atoms with E-state index >= 15 is 0 Å². The van der Waals surface area contributed by atoms with Crippen LogP contribution in [0.1, 0.15) is 37.3 Å². The van der Waals surface area contributed by atoms with Crippen molar-refractivity contribution < 1.29 is 9.53 Å². The van der Waals surface area contributed by atoms with E-state index in [0.29, 0.717) is 24.5 Å². The zero-order valence-corrected chi connectivity index (χ0v) is 16.0. The molecule has 1 fully saturated rings. The van der Waals surface area contributed by atoms with Crippen molar-refractivity contribution in [3.8, 4) is 16.9 Å². The normalized spacial score (nSPS) is 17.7. The number of nitrogens with zero attached hydrogens (tertiary/aromatic N) is 3. The van der Waals surface area contributed by atoms with Crippen LogP contribution < -0.4 is 10.5 Å². The second kappa shape index (κ2) is 8.86. The molecule has 1 aliphatic heterocycles. The van der Waals surface area contributed by atoms with E-state index in [0.717, 1.165) is 22.4 Å². The van der Waals surface area contributed by atoms with E-state index in [9.17, 15) is 4.79 Å². The van der Waals surface area contributed by atoms with Crippen molar-refractivity contribution in [2.75, 3.05) is 13.7 Å². The van der Waals surface area contributed by atoms with E-state index in [1.165, 1.54) is 24.2 Å². The summed E-state index contributed by atoms with van der Waals surface area (Å²) < 4.78 is 5.70. The number of pyridine rings is 1. The summed E-state index contributed by atoms with van der Waals surface area (Å²) in [5.74, 6) is 0.952. The average molecular weight is 387 g/mol. The molecule has 2 aromatic rings. The summed E-state index contributed by atoms with van der Waals surface area (Å²) in [7, 11) is 1.57. The largest absolute Gasteiger partial charge is 0.493 e. The first kappa shape index (κ1) is 19.2. The lowest BCUT2D eigenvalue weighted by molar-refractivity contribution is -0.114. The Morgan fingerprint density at radius 1 is 1.30 bits per heavy atom. The third kappa shape index (κ3) is 5.20. The van der Waals surface area contributed by atoms with Gasteiger partial charge in [-0.2, -0.15) is 0 Å². The molecule has 27 heavy (non-hydrogen) atoms. The number of ether oxygens (including phenoxy) is 1. The number of nitrogens with two attached hydrogens (primary N) is 1. The molecule has 1 saturated carbocycles. The van der Waals surface area contributed by atoms with Crippen LogP contribution in [-0.2, 0) is 4.79 Å². The van der Waals surface area contributed by atoms with Crippen LogP contribution in [0.25, 0.3) is 11.1 Å². The first-order chi connectivity index (χ1) is 13.1. The molecule has 1 aliphatic carbocycles. The average Bonchev–Trinajstić information content (AvgIpc) is 3.56. The van der Waals surface area contributed by atoms with Gasteiger partial charge in [-0.05, 0) is 23.8 Å². The summed E-state index contributed by atoms with van der Waals surface area (Å²) in [4.78, 5) is 20.7. The Morgan fingerprint density at radius 3 is 2.74 bits per heavy atom. The fourth-order valence-corrected chi connectivity index (χ4v) is 2.74. The molecule has 4 rings (SSSR count). The monoisotopic (exact) mass is 386 g/mol. The van der Waals surface area contributed by atoms with Crippen LogP contribution in [0.5, 0.6) is 5.75 Å². The summed E-state index contributed by atoms with van der Waals surface area (Å²) in [6.07, 6.45) is 9.17. The Kier molecular flexibility index (Phi) is 6.29. The molecule has 1 atom stereocenters. The van der Waals surface area contributed by atoms with Gasteiger partial charge >= 0.3 is 0 Å². The summed E-state index contributed by atoms with van der Waals surface area (Å²) in [5.41, 5.74) is 8.68. The highest BCUT2D eigenvalue weighted by Gasteiger charge is 2.22. The number of benzene rings is 1. The van der Waals surface area contributed by atoms with Crippen molar-refractivity contribution in [1.82, 2.24) is 9.88 Å². The van der Waals surface area contributed by atoms with Gasteiger partial charge < -0.3 is 10.5 Å². The number of aromatic nitrogens is 1. The summed E-state index contributed by atoms with van der Waals surface area (Å²) >= 11 is 6.02. The van der Waals surface area contributed by atoms with Gasteiger partial charge in [0.05, 0.1) is 17.7 Å². The van der Waals surface area contributed by atoms with E-state index < -0.39 is 0 Å². The number of amides is 1. The van der Waals surface area contributed by atoms with Crippen LogP contribution >= 0.6 is 11.6 Å². The second-order valence-electron chi connectivity index (χ2n) is 6.56. The fourth-order valence-electron chi connectivity index (χ4n) is 2.56. The highest BCUT2D eigenvalue weighted by atomic mass is 35.5. The Balaban J connectivity index is 0.000000637. The quantitative estimate of drug-likeness (QED) is 0.494. The van der Waals surface area contributed by atoms with Crippen LogP contribution in [0.3, 0.4) is 0 Å². The minimum atomic E-state index is -0.164. The van der Waals surface area contributed by atoms with Crippen LogP contribution in [0, 0.1) is 0 Å². The number of rotatable bonds is 3. The van der Waals surface area contributed by atoms with Gasteiger partial charge in [-0.3, -0.25) is 14.7 Å². The summed E-state index contributed by atoms with van der Waals surface area (Å²) in [6, 6.07) is 7.56. The molecule has 1 aromatic heterocycles. The second-order valence-corrected chi connectivity index (χ2v) is 7.00. The van der Waals surface area contributed by atoms with Gasteiger partial charge in [0.25, 0.3) is 0 Å². The summed E-state index contributed by atoms with van der Waals surface area (Å²) in [5, 5.41) is 0.577. The summed E-state index contributed by atoms with van der Waals surface area (Å²) in [6.45, 7) is 0.553. The predicted molar refractivity (Wildman–Crippen MR) is 107 cm³/mol. The number of halogens is 1. The van der Waals surface area contributed by atoms with Gasteiger partial charge in [0.15, 0.2) is 5.96 Å². The molecule has 2 heterocycles. The van der Waals surface area contributed by atoms with Gasteiger partial charge in [0.1, 0.15) is 5.75 Å². The van der Waals surface area contributed by atoms with Crippen molar-refractivity contribution in [2.45, 2.75) is 31.7 Å². The number of guanidine groups is 1. The highest BCUT2D eigenvalue weighted by molar-refractivity contribution is 6.30. The predicted octanol–water partition coefficient (Wildman–Crippen LogP) is 3.80. The lowest BCUT2D eigenvalue weighted by Crippen LogP contribution is -2.33. The van der Waals surface area contributed by atoms with E-state index in [-0.39, 0.29) is 12.0 Å². The molecule has 0 radical (unpaired) electrons. The number of aliphatic imine (C=N–C) groups is 1. The number of hydrogen-bond donors (Lipinski definition) is 1. The molecular formula is C20H23ClN4O2. The highest BCUT2D eigenvalue weighted by Crippen LogP contribution is 2.37. The molecule has 7 heteroatoms. The van der Waals surface area contributed by atoms with Crippen LogP contribution in [0.4, 0.5) is 0 Å². The third-order valence-corrected chi connectivity index (χ3v) is 4.42.